The van der Waals surface area contributed by atoms with E-state index in [-0.39, 0.29) is 5.91 Å². The Labute approximate surface area is 128 Å². The highest BCUT2D eigenvalue weighted by Gasteiger charge is 2.13. The quantitative estimate of drug-likeness (QED) is 0.777. The maximum absolute atomic E-state index is 12.3. The van der Waals surface area contributed by atoms with Gasteiger partial charge in [0.25, 0.3) is 5.91 Å². The van der Waals surface area contributed by atoms with Crippen LogP contribution in [0.5, 0.6) is 5.75 Å². The van der Waals surface area contributed by atoms with Crippen LogP contribution in [0, 0.1) is 6.92 Å². The van der Waals surface area contributed by atoms with E-state index in [1.165, 1.54) is 0 Å². The summed E-state index contributed by atoms with van der Waals surface area (Å²) in [6.45, 7) is 2.42. The summed E-state index contributed by atoms with van der Waals surface area (Å²) < 4.78 is 5.17. The number of hydrogen-bond acceptors (Lipinski definition) is 3. The lowest BCUT2D eigenvalue weighted by molar-refractivity contribution is 0.0947. The number of nitrogens with zero attached hydrogens (tertiary/aromatic N) is 1. The van der Waals surface area contributed by atoms with Crippen molar-refractivity contribution >= 4 is 16.8 Å². The van der Waals surface area contributed by atoms with Gasteiger partial charge in [-0.05, 0) is 36.8 Å². The zero-order valence-corrected chi connectivity index (χ0v) is 12.5. The smallest absolute Gasteiger partial charge is 0.272 e. The van der Waals surface area contributed by atoms with Crippen molar-refractivity contribution in [2.45, 2.75) is 13.5 Å². The van der Waals surface area contributed by atoms with Crippen molar-refractivity contribution in [1.29, 1.82) is 0 Å². The van der Waals surface area contributed by atoms with Gasteiger partial charge < -0.3 is 10.1 Å². The molecule has 0 spiro atoms. The number of methoxy groups -OCH3 is 1. The van der Waals surface area contributed by atoms with Crippen LogP contribution in [0.25, 0.3) is 10.9 Å². The average Bonchev–Trinajstić information content (AvgIpc) is 2.96. The van der Waals surface area contributed by atoms with Crippen molar-refractivity contribution in [2.24, 2.45) is 0 Å². The predicted octanol–water partition coefficient (Wildman–Crippen LogP) is 2.81. The van der Waals surface area contributed by atoms with Crippen LogP contribution < -0.4 is 10.1 Å². The predicted molar refractivity (Wildman–Crippen MR) is 85.0 cm³/mol. The molecule has 3 rings (SSSR count). The Bertz CT molecular complexity index is 824. The first-order chi connectivity index (χ1) is 10.7. The number of aromatic amines is 1. The largest absolute Gasteiger partial charge is 0.497 e. The van der Waals surface area contributed by atoms with E-state index in [1.807, 2.05) is 49.4 Å². The summed E-state index contributed by atoms with van der Waals surface area (Å²) >= 11 is 0. The van der Waals surface area contributed by atoms with E-state index < -0.39 is 0 Å². The second kappa shape index (κ2) is 5.89. The molecule has 112 valence electrons. The zero-order chi connectivity index (χ0) is 15.5. The summed E-state index contributed by atoms with van der Waals surface area (Å²) in [6.07, 6.45) is 0. The molecule has 2 N–H and O–H groups in total. The Hall–Kier alpha value is -2.82. The maximum atomic E-state index is 12.3. The molecule has 3 aromatic rings. The molecule has 1 amide bonds. The molecule has 0 atom stereocenters. The first-order valence-corrected chi connectivity index (χ1v) is 7.03. The second-order valence-corrected chi connectivity index (χ2v) is 5.16. The topological polar surface area (TPSA) is 67.0 Å². The van der Waals surface area contributed by atoms with Gasteiger partial charge >= 0.3 is 0 Å². The van der Waals surface area contributed by atoms with Crippen LogP contribution in [0.1, 0.15) is 21.6 Å². The Morgan fingerprint density at radius 1 is 1.27 bits per heavy atom. The first kappa shape index (κ1) is 14.1. The normalized spacial score (nSPS) is 10.6. The molecule has 0 saturated carbocycles. The molecule has 0 bridgehead atoms. The van der Waals surface area contributed by atoms with Crippen LogP contribution in [0.15, 0.2) is 42.5 Å². The van der Waals surface area contributed by atoms with Crippen molar-refractivity contribution in [1.82, 2.24) is 15.5 Å². The number of fused-ring (bicyclic) bond motifs is 1. The number of carbonyl (C=O) groups excluding carboxylic acids is 1. The number of aryl methyl sites for hydroxylation is 1. The number of rotatable bonds is 4. The maximum Gasteiger partial charge on any atom is 0.272 e. The third kappa shape index (κ3) is 2.79. The molecule has 1 aromatic heterocycles. The first-order valence-electron chi connectivity index (χ1n) is 7.03. The van der Waals surface area contributed by atoms with Gasteiger partial charge in [0.1, 0.15) is 5.75 Å². The summed E-state index contributed by atoms with van der Waals surface area (Å²) in [5, 5.41) is 10.7. The highest BCUT2D eigenvalue weighted by atomic mass is 16.5. The number of ether oxygens (including phenoxy) is 1. The van der Waals surface area contributed by atoms with Crippen LogP contribution in [0.4, 0.5) is 0 Å². The SMILES string of the molecule is COc1cccc(CNC(=O)c2n[nH]c3ccc(C)cc23)c1. The number of H-pyrrole nitrogens is 1. The number of benzene rings is 2. The Morgan fingerprint density at radius 3 is 2.95 bits per heavy atom. The number of nitrogens with one attached hydrogen (secondary N) is 2. The molecule has 0 radical (unpaired) electrons. The minimum atomic E-state index is -0.195. The monoisotopic (exact) mass is 295 g/mol. The number of aromatic nitrogens is 2. The molecule has 0 aliphatic rings. The van der Waals surface area contributed by atoms with E-state index in [9.17, 15) is 4.79 Å². The summed E-state index contributed by atoms with van der Waals surface area (Å²) in [5.41, 5.74) is 3.35. The molecule has 0 aliphatic heterocycles. The van der Waals surface area contributed by atoms with Crippen molar-refractivity contribution < 1.29 is 9.53 Å². The van der Waals surface area contributed by atoms with Gasteiger partial charge in [-0.2, -0.15) is 5.10 Å². The van der Waals surface area contributed by atoms with E-state index in [4.69, 9.17) is 4.74 Å². The van der Waals surface area contributed by atoms with Crippen molar-refractivity contribution in [2.75, 3.05) is 7.11 Å². The zero-order valence-electron chi connectivity index (χ0n) is 12.5. The van der Waals surface area contributed by atoms with Crippen molar-refractivity contribution in [3.8, 4) is 5.75 Å². The van der Waals surface area contributed by atoms with Crippen molar-refractivity contribution in [3.63, 3.8) is 0 Å². The lowest BCUT2D eigenvalue weighted by Crippen LogP contribution is -2.23. The summed E-state index contributed by atoms with van der Waals surface area (Å²) in [4.78, 5) is 12.3. The van der Waals surface area contributed by atoms with Crippen LogP contribution in [0.2, 0.25) is 0 Å². The Kier molecular flexibility index (Phi) is 3.78. The fourth-order valence-electron chi connectivity index (χ4n) is 2.35. The highest BCUT2D eigenvalue weighted by molar-refractivity contribution is 6.04. The molecular weight excluding hydrogens is 278 g/mol. The van der Waals surface area contributed by atoms with Gasteiger partial charge in [0, 0.05) is 11.9 Å². The van der Waals surface area contributed by atoms with Crippen molar-refractivity contribution in [3.05, 3.63) is 59.3 Å². The minimum absolute atomic E-state index is 0.195. The van der Waals surface area contributed by atoms with E-state index in [0.717, 1.165) is 27.8 Å². The van der Waals surface area contributed by atoms with E-state index in [1.54, 1.807) is 7.11 Å². The Morgan fingerprint density at radius 2 is 2.14 bits per heavy atom. The molecule has 2 aromatic carbocycles. The fraction of sp³-hybridized carbons (Fsp3) is 0.176. The molecule has 22 heavy (non-hydrogen) atoms. The number of amides is 1. The van der Waals surface area contributed by atoms with Crippen LogP contribution in [-0.2, 0) is 6.54 Å². The van der Waals surface area contributed by atoms with Crippen LogP contribution in [-0.4, -0.2) is 23.2 Å². The van der Waals surface area contributed by atoms with E-state index in [0.29, 0.717) is 12.2 Å². The molecule has 1 heterocycles. The molecule has 0 unspecified atom stereocenters. The van der Waals surface area contributed by atoms with Gasteiger partial charge in [-0.25, -0.2) is 0 Å². The summed E-state index contributed by atoms with van der Waals surface area (Å²) in [5.74, 6) is 0.576. The third-order valence-corrected chi connectivity index (χ3v) is 3.52. The minimum Gasteiger partial charge on any atom is -0.497 e. The van der Waals surface area contributed by atoms with Gasteiger partial charge in [0.2, 0.25) is 0 Å². The third-order valence-electron chi connectivity index (χ3n) is 3.52. The molecule has 0 fully saturated rings. The fourth-order valence-corrected chi connectivity index (χ4v) is 2.35. The van der Waals surface area contributed by atoms with Gasteiger partial charge in [-0.15, -0.1) is 0 Å². The molecular formula is C17H17N3O2. The number of hydrogen-bond donors (Lipinski definition) is 2. The summed E-state index contributed by atoms with van der Waals surface area (Å²) in [6, 6.07) is 13.5. The molecule has 0 aliphatic carbocycles. The lowest BCUT2D eigenvalue weighted by Gasteiger charge is -2.06. The average molecular weight is 295 g/mol. The molecule has 0 saturated heterocycles. The number of carbonyl (C=O) groups is 1. The van der Waals surface area contributed by atoms with E-state index >= 15 is 0 Å². The molecule has 5 nitrogen and oxygen atoms in total. The van der Waals surface area contributed by atoms with Gasteiger partial charge in [0.15, 0.2) is 5.69 Å². The highest BCUT2D eigenvalue weighted by Crippen LogP contribution is 2.18. The lowest BCUT2D eigenvalue weighted by atomic mass is 10.1. The van der Waals surface area contributed by atoms with Gasteiger partial charge in [0.05, 0.1) is 12.6 Å². The standard InChI is InChI=1S/C17H17N3O2/c1-11-6-7-15-14(8-11)16(20-19-15)17(21)18-10-12-4-3-5-13(9-12)22-2/h3-9H,10H2,1-2H3,(H,18,21)(H,19,20). The summed E-state index contributed by atoms with van der Waals surface area (Å²) in [7, 11) is 1.62. The van der Waals surface area contributed by atoms with E-state index in [2.05, 4.69) is 15.5 Å². The molecule has 5 heteroatoms. The van der Waals surface area contributed by atoms with Crippen LogP contribution >= 0.6 is 0 Å². The Balaban J connectivity index is 1.77. The van der Waals surface area contributed by atoms with Gasteiger partial charge in [-0.3, -0.25) is 9.89 Å². The second-order valence-electron chi connectivity index (χ2n) is 5.16. The van der Waals surface area contributed by atoms with Crippen LogP contribution in [0.3, 0.4) is 0 Å². The van der Waals surface area contributed by atoms with Gasteiger partial charge in [-0.1, -0.05) is 23.8 Å².